The van der Waals surface area contributed by atoms with E-state index in [-0.39, 0.29) is 0 Å². The Labute approximate surface area is 113 Å². The van der Waals surface area contributed by atoms with E-state index in [4.69, 9.17) is 4.74 Å². The number of benzene rings is 2. The molecular formula is C16H19NO2. The third-order valence-electron chi connectivity index (χ3n) is 3.67. The van der Waals surface area contributed by atoms with Gasteiger partial charge in [-0.1, -0.05) is 12.1 Å². The van der Waals surface area contributed by atoms with Crippen LogP contribution in [0.5, 0.6) is 11.5 Å². The summed E-state index contributed by atoms with van der Waals surface area (Å²) in [5.41, 5.74) is 0. The molecule has 1 aliphatic rings. The van der Waals surface area contributed by atoms with Crippen molar-refractivity contribution in [3.63, 3.8) is 0 Å². The Kier molecular flexibility index (Phi) is 3.56. The first-order valence-corrected chi connectivity index (χ1v) is 6.89. The van der Waals surface area contributed by atoms with E-state index in [1.54, 1.807) is 12.1 Å². The zero-order chi connectivity index (χ0) is 13.1. The maximum atomic E-state index is 9.49. The topological polar surface area (TPSA) is 32.7 Å². The number of phenolic OH excluding ortho intramolecular Hbond substituents is 1. The van der Waals surface area contributed by atoms with Crippen LogP contribution in [0.25, 0.3) is 10.8 Å². The summed E-state index contributed by atoms with van der Waals surface area (Å²) in [6, 6.07) is 11.4. The zero-order valence-corrected chi connectivity index (χ0v) is 11.0. The minimum absolute atomic E-state index is 0.293. The molecule has 0 radical (unpaired) electrons. The summed E-state index contributed by atoms with van der Waals surface area (Å²) in [7, 11) is 0. The van der Waals surface area contributed by atoms with E-state index in [2.05, 4.69) is 4.90 Å². The second-order valence-electron chi connectivity index (χ2n) is 5.09. The SMILES string of the molecule is Oc1ccc2ccc(OCCN3CCCC3)cc2c1. The van der Waals surface area contributed by atoms with Gasteiger partial charge in [0, 0.05) is 6.54 Å². The van der Waals surface area contributed by atoms with E-state index >= 15 is 0 Å². The van der Waals surface area contributed by atoms with E-state index in [9.17, 15) is 5.11 Å². The van der Waals surface area contributed by atoms with E-state index in [0.29, 0.717) is 5.75 Å². The van der Waals surface area contributed by atoms with Gasteiger partial charge in [-0.3, -0.25) is 4.90 Å². The van der Waals surface area contributed by atoms with E-state index in [1.165, 1.54) is 25.9 Å². The Hall–Kier alpha value is -1.74. The van der Waals surface area contributed by atoms with Crippen molar-refractivity contribution in [2.45, 2.75) is 12.8 Å². The summed E-state index contributed by atoms with van der Waals surface area (Å²) in [6.07, 6.45) is 2.63. The number of fused-ring (bicyclic) bond motifs is 1. The van der Waals surface area contributed by atoms with Crippen LogP contribution in [0.2, 0.25) is 0 Å². The van der Waals surface area contributed by atoms with E-state index < -0.39 is 0 Å². The van der Waals surface area contributed by atoms with Gasteiger partial charge in [0.05, 0.1) is 0 Å². The fraction of sp³-hybridized carbons (Fsp3) is 0.375. The number of rotatable bonds is 4. The molecule has 19 heavy (non-hydrogen) atoms. The van der Waals surface area contributed by atoms with Crippen LogP contribution in [0.15, 0.2) is 36.4 Å². The Morgan fingerprint density at radius 3 is 2.63 bits per heavy atom. The minimum Gasteiger partial charge on any atom is -0.508 e. The summed E-state index contributed by atoms with van der Waals surface area (Å²) >= 11 is 0. The Morgan fingerprint density at radius 2 is 1.79 bits per heavy atom. The minimum atomic E-state index is 0.293. The van der Waals surface area contributed by atoms with Crippen molar-refractivity contribution in [3.8, 4) is 11.5 Å². The molecule has 0 bridgehead atoms. The predicted octanol–water partition coefficient (Wildman–Crippen LogP) is 3.02. The van der Waals surface area contributed by atoms with Crippen molar-refractivity contribution in [1.29, 1.82) is 0 Å². The molecular weight excluding hydrogens is 238 g/mol. The number of hydrogen-bond donors (Lipinski definition) is 1. The highest BCUT2D eigenvalue weighted by atomic mass is 16.5. The number of phenols is 1. The second-order valence-corrected chi connectivity index (χ2v) is 5.09. The molecule has 3 rings (SSSR count). The van der Waals surface area contributed by atoms with Gasteiger partial charge < -0.3 is 9.84 Å². The number of hydrogen-bond acceptors (Lipinski definition) is 3. The van der Waals surface area contributed by atoms with Crippen molar-refractivity contribution in [3.05, 3.63) is 36.4 Å². The number of likely N-dealkylation sites (tertiary alicyclic amines) is 1. The maximum absolute atomic E-state index is 9.49. The van der Waals surface area contributed by atoms with Gasteiger partial charge in [0.25, 0.3) is 0 Å². The lowest BCUT2D eigenvalue weighted by Crippen LogP contribution is -2.25. The molecule has 1 saturated heterocycles. The quantitative estimate of drug-likeness (QED) is 0.914. The molecule has 0 aromatic heterocycles. The molecule has 1 aliphatic heterocycles. The largest absolute Gasteiger partial charge is 0.508 e. The van der Waals surface area contributed by atoms with Crippen LogP contribution < -0.4 is 4.74 Å². The second kappa shape index (κ2) is 5.49. The predicted molar refractivity (Wildman–Crippen MR) is 76.8 cm³/mol. The Morgan fingerprint density at radius 1 is 1.00 bits per heavy atom. The van der Waals surface area contributed by atoms with Crippen molar-refractivity contribution in [1.82, 2.24) is 4.90 Å². The van der Waals surface area contributed by atoms with Gasteiger partial charge in [-0.15, -0.1) is 0 Å². The Bertz CT molecular complexity index is 562. The van der Waals surface area contributed by atoms with Gasteiger partial charge in [0.2, 0.25) is 0 Å². The van der Waals surface area contributed by atoms with Crippen molar-refractivity contribution in [2.75, 3.05) is 26.2 Å². The standard InChI is InChI=1S/C16H19NO2/c18-15-5-3-13-4-6-16(12-14(13)11-15)19-10-9-17-7-1-2-8-17/h3-6,11-12,18H,1-2,7-10H2. The zero-order valence-electron chi connectivity index (χ0n) is 11.0. The van der Waals surface area contributed by atoms with E-state index in [1.807, 2.05) is 24.3 Å². The van der Waals surface area contributed by atoms with Crippen LogP contribution in [0.3, 0.4) is 0 Å². The molecule has 2 aromatic carbocycles. The lowest BCUT2D eigenvalue weighted by Gasteiger charge is -2.15. The van der Waals surface area contributed by atoms with Gasteiger partial charge in [-0.05, 0) is 61.0 Å². The number of aromatic hydroxyl groups is 1. The highest BCUT2D eigenvalue weighted by Crippen LogP contribution is 2.24. The van der Waals surface area contributed by atoms with Crippen LogP contribution in [0, 0.1) is 0 Å². The van der Waals surface area contributed by atoms with Crippen LogP contribution in [0.4, 0.5) is 0 Å². The summed E-state index contributed by atoms with van der Waals surface area (Å²) in [5.74, 6) is 1.17. The molecule has 0 saturated carbocycles. The average Bonchev–Trinajstić information content (AvgIpc) is 2.91. The van der Waals surface area contributed by atoms with Crippen LogP contribution in [0.1, 0.15) is 12.8 Å². The molecule has 1 N–H and O–H groups in total. The monoisotopic (exact) mass is 257 g/mol. The van der Waals surface area contributed by atoms with Crippen molar-refractivity contribution in [2.24, 2.45) is 0 Å². The first-order valence-electron chi connectivity index (χ1n) is 6.89. The molecule has 3 heteroatoms. The lowest BCUT2D eigenvalue weighted by atomic mass is 10.1. The highest BCUT2D eigenvalue weighted by molar-refractivity contribution is 5.85. The highest BCUT2D eigenvalue weighted by Gasteiger charge is 2.10. The lowest BCUT2D eigenvalue weighted by molar-refractivity contribution is 0.238. The van der Waals surface area contributed by atoms with Crippen LogP contribution >= 0.6 is 0 Å². The third kappa shape index (κ3) is 2.99. The van der Waals surface area contributed by atoms with Crippen LogP contribution in [-0.2, 0) is 0 Å². The van der Waals surface area contributed by atoms with Gasteiger partial charge in [-0.2, -0.15) is 0 Å². The van der Waals surface area contributed by atoms with Gasteiger partial charge in [0.15, 0.2) is 0 Å². The molecule has 3 nitrogen and oxygen atoms in total. The average molecular weight is 257 g/mol. The summed E-state index contributed by atoms with van der Waals surface area (Å²) in [6.45, 7) is 4.13. The van der Waals surface area contributed by atoms with Gasteiger partial charge >= 0.3 is 0 Å². The van der Waals surface area contributed by atoms with Crippen molar-refractivity contribution >= 4 is 10.8 Å². The molecule has 100 valence electrons. The van der Waals surface area contributed by atoms with Gasteiger partial charge in [-0.25, -0.2) is 0 Å². The molecule has 0 unspecified atom stereocenters. The molecule has 1 fully saturated rings. The van der Waals surface area contributed by atoms with Crippen molar-refractivity contribution < 1.29 is 9.84 Å². The fourth-order valence-corrected chi connectivity index (χ4v) is 2.60. The number of nitrogens with zero attached hydrogens (tertiary/aromatic N) is 1. The number of ether oxygens (including phenoxy) is 1. The molecule has 0 amide bonds. The molecule has 0 aliphatic carbocycles. The molecule has 2 aromatic rings. The fourth-order valence-electron chi connectivity index (χ4n) is 2.60. The molecule has 1 heterocycles. The van der Waals surface area contributed by atoms with Gasteiger partial charge in [0.1, 0.15) is 18.1 Å². The summed E-state index contributed by atoms with van der Waals surface area (Å²) < 4.78 is 5.79. The first-order chi connectivity index (χ1) is 9.31. The summed E-state index contributed by atoms with van der Waals surface area (Å²) in [5, 5.41) is 11.6. The molecule has 0 spiro atoms. The summed E-state index contributed by atoms with van der Waals surface area (Å²) in [4.78, 5) is 2.44. The molecule has 0 atom stereocenters. The third-order valence-corrected chi connectivity index (χ3v) is 3.67. The van der Waals surface area contributed by atoms with Crippen LogP contribution in [-0.4, -0.2) is 36.2 Å². The Balaban J connectivity index is 1.63. The normalized spacial score (nSPS) is 16.0. The van der Waals surface area contributed by atoms with E-state index in [0.717, 1.165) is 29.7 Å². The maximum Gasteiger partial charge on any atom is 0.120 e. The first kappa shape index (κ1) is 12.3. The smallest absolute Gasteiger partial charge is 0.120 e.